The fraction of sp³-hybridized carbons (Fsp3) is 0.412. The summed E-state index contributed by atoms with van der Waals surface area (Å²) in [7, 11) is 0. The van der Waals surface area contributed by atoms with Gasteiger partial charge in [0.15, 0.2) is 5.56 Å². The molecule has 1 saturated heterocycles. The van der Waals surface area contributed by atoms with E-state index in [4.69, 9.17) is 4.42 Å². The Morgan fingerprint density at radius 2 is 2.05 bits per heavy atom. The number of rotatable bonds is 1. The van der Waals surface area contributed by atoms with Gasteiger partial charge in [0.25, 0.3) is 0 Å². The van der Waals surface area contributed by atoms with E-state index in [0.717, 1.165) is 42.6 Å². The van der Waals surface area contributed by atoms with Crippen molar-refractivity contribution in [3.05, 3.63) is 39.7 Å². The smallest absolute Gasteiger partial charge is 0.356 e. The van der Waals surface area contributed by atoms with Crippen molar-refractivity contribution in [1.82, 2.24) is 0 Å². The van der Waals surface area contributed by atoms with E-state index in [1.807, 2.05) is 31.2 Å². The van der Waals surface area contributed by atoms with Crippen LogP contribution >= 0.6 is 0 Å². The van der Waals surface area contributed by atoms with Crippen molar-refractivity contribution in [3.63, 3.8) is 0 Å². The van der Waals surface area contributed by atoms with E-state index in [1.54, 1.807) is 0 Å². The first-order chi connectivity index (χ1) is 10.1. The Bertz CT molecular complexity index is 778. The zero-order valence-electron chi connectivity index (χ0n) is 12.3. The Hall–Kier alpha value is -2.28. The first-order valence-electron chi connectivity index (χ1n) is 7.32. The average Bonchev–Trinajstić information content (AvgIpc) is 2.46. The van der Waals surface area contributed by atoms with Crippen LogP contribution in [0, 0.1) is 24.2 Å². The van der Waals surface area contributed by atoms with Crippen molar-refractivity contribution in [2.75, 3.05) is 18.0 Å². The van der Waals surface area contributed by atoms with E-state index >= 15 is 0 Å². The third-order valence-corrected chi connectivity index (χ3v) is 4.25. The second-order valence-electron chi connectivity index (χ2n) is 5.89. The molecule has 0 spiro atoms. The largest absolute Gasteiger partial charge is 0.422 e. The van der Waals surface area contributed by atoms with E-state index in [0.29, 0.717) is 11.5 Å². The minimum Gasteiger partial charge on any atom is -0.422 e. The lowest BCUT2D eigenvalue weighted by atomic mass is 9.97. The molecule has 1 aliphatic rings. The van der Waals surface area contributed by atoms with Crippen molar-refractivity contribution >= 4 is 16.7 Å². The Kier molecular flexibility index (Phi) is 3.42. The fourth-order valence-electron chi connectivity index (χ4n) is 2.95. The molecule has 1 fully saturated rings. The maximum absolute atomic E-state index is 12.1. The molecule has 0 unspecified atom stereocenters. The molecule has 1 aromatic carbocycles. The quantitative estimate of drug-likeness (QED) is 0.754. The first-order valence-corrected chi connectivity index (χ1v) is 7.32. The van der Waals surface area contributed by atoms with Crippen LogP contribution in [0.1, 0.15) is 30.9 Å². The van der Waals surface area contributed by atoms with Gasteiger partial charge in [0.1, 0.15) is 11.7 Å². The van der Waals surface area contributed by atoms with Gasteiger partial charge in [0, 0.05) is 18.5 Å². The third-order valence-electron chi connectivity index (χ3n) is 4.25. The number of aryl methyl sites for hydroxylation is 1. The summed E-state index contributed by atoms with van der Waals surface area (Å²) in [5, 5.41) is 10.2. The van der Waals surface area contributed by atoms with Gasteiger partial charge in [-0.1, -0.05) is 13.0 Å². The molecule has 108 valence electrons. The number of piperidine rings is 1. The molecule has 2 aromatic rings. The molecule has 0 aliphatic carbocycles. The van der Waals surface area contributed by atoms with Gasteiger partial charge < -0.3 is 9.32 Å². The van der Waals surface area contributed by atoms with E-state index < -0.39 is 5.63 Å². The molecule has 0 radical (unpaired) electrons. The second-order valence-corrected chi connectivity index (χ2v) is 5.89. The van der Waals surface area contributed by atoms with Gasteiger partial charge in [-0.05, 0) is 43.4 Å². The van der Waals surface area contributed by atoms with Gasteiger partial charge in [-0.3, -0.25) is 0 Å². The fourth-order valence-corrected chi connectivity index (χ4v) is 2.95. The molecule has 4 nitrogen and oxygen atoms in total. The minimum absolute atomic E-state index is 0.126. The van der Waals surface area contributed by atoms with E-state index in [9.17, 15) is 10.1 Å². The van der Waals surface area contributed by atoms with Crippen molar-refractivity contribution < 1.29 is 4.42 Å². The highest BCUT2D eigenvalue weighted by Gasteiger charge is 2.23. The van der Waals surface area contributed by atoms with Gasteiger partial charge in [0.05, 0.1) is 5.69 Å². The summed E-state index contributed by atoms with van der Waals surface area (Å²) in [6, 6.07) is 7.82. The van der Waals surface area contributed by atoms with Crippen molar-refractivity contribution in [3.8, 4) is 6.07 Å². The highest BCUT2D eigenvalue weighted by Crippen LogP contribution is 2.32. The number of hydrogen-bond acceptors (Lipinski definition) is 4. The lowest BCUT2D eigenvalue weighted by Crippen LogP contribution is -2.34. The number of fused-ring (bicyclic) bond motifs is 1. The Balaban J connectivity index is 2.23. The van der Waals surface area contributed by atoms with Crippen LogP contribution < -0.4 is 10.5 Å². The molecule has 21 heavy (non-hydrogen) atoms. The molecule has 0 N–H and O–H groups in total. The van der Waals surface area contributed by atoms with Gasteiger partial charge in [-0.2, -0.15) is 5.26 Å². The molecule has 4 heteroatoms. The number of nitrogens with zero attached hydrogens (tertiary/aromatic N) is 2. The summed E-state index contributed by atoms with van der Waals surface area (Å²) in [6.07, 6.45) is 2.16. The van der Waals surface area contributed by atoms with E-state index in [-0.39, 0.29) is 5.56 Å². The third kappa shape index (κ3) is 2.40. The lowest BCUT2D eigenvalue weighted by Gasteiger charge is -2.33. The zero-order valence-corrected chi connectivity index (χ0v) is 12.3. The number of benzene rings is 1. The van der Waals surface area contributed by atoms with Crippen LogP contribution in [0.25, 0.3) is 11.0 Å². The number of nitriles is 1. The predicted octanol–water partition coefficient (Wildman–Crippen LogP) is 3.21. The van der Waals surface area contributed by atoms with Crippen molar-refractivity contribution in [1.29, 1.82) is 5.26 Å². The molecule has 0 bridgehead atoms. The van der Waals surface area contributed by atoms with Crippen LogP contribution in [0.4, 0.5) is 5.69 Å². The molecular formula is C17H18N2O2. The SMILES string of the molecule is Cc1ccc2c(N3CCC(C)CC3)c(C#N)c(=O)oc2c1. The van der Waals surface area contributed by atoms with Crippen LogP contribution in [0.2, 0.25) is 0 Å². The van der Waals surface area contributed by atoms with Crippen LogP contribution in [0.15, 0.2) is 27.4 Å². The molecule has 3 rings (SSSR count). The highest BCUT2D eigenvalue weighted by molar-refractivity contribution is 5.93. The first kappa shape index (κ1) is 13.7. The normalized spacial score (nSPS) is 16.1. The Morgan fingerprint density at radius 3 is 2.71 bits per heavy atom. The minimum atomic E-state index is -0.538. The van der Waals surface area contributed by atoms with Gasteiger partial charge >= 0.3 is 5.63 Å². The topological polar surface area (TPSA) is 57.2 Å². The molecule has 0 amide bonds. The Morgan fingerprint density at radius 1 is 1.33 bits per heavy atom. The predicted molar refractivity (Wildman–Crippen MR) is 82.5 cm³/mol. The number of hydrogen-bond donors (Lipinski definition) is 0. The molecule has 1 aliphatic heterocycles. The van der Waals surface area contributed by atoms with Gasteiger partial charge in [-0.15, -0.1) is 0 Å². The molecule has 0 atom stereocenters. The van der Waals surface area contributed by atoms with Crippen LogP contribution in [0.3, 0.4) is 0 Å². The maximum Gasteiger partial charge on any atom is 0.356 e. The van der Waals surface area contributed by atoms with Crippen LogP contribution in [-0.2, 0) is 0 Å². The second kappa shape index (κ2) is 5.25. The van der Waals surface area contributed by atoms with Gasteiger partial charge in [-0.25, -0.2) is 4.79 Å². The summed E-state index contributed by atoms with van der Waals surface area (Å²) in [4.78, 5) is 14.2. The highest BCUT2D eigenvalue weighted by atomic mass is 16.4. The maximum atomic E-state index is 12.1. The van der Waals surface area contributed by atoms with E-state index in [2.05, 4.69) is 11.8 Å². The lowest BCUT2D eigenvalue weighted by molar-refractivity contribution is 0.438. The molecule has 1 aromatic heterocycles. The summed E-state index contributed by atoms with van der Waals surface area (Å²) in [5.41, 5.74) is 1.93. The standard InChI is InChI=1S/C17H18N2O2/c1-11-5-7-19(8-6-11)16-13-4-3-12(2)9-15(13)21-17(20)14(16)10-18/h3-4,9,11H,5-8H2,1-2H3. The summed E-state index contributed by atoms with van der Waals surface area (Å²) >= 11 is 0. The summed E-state index contributed by atoms with van der Waals surface area (Å²) < 4.78 is 5.31. The zero-order chi connectivity index (χ0) is 15.0. The van der Waals surface area contributed by atoms with Crippen molar-refractivity contribution in [2.45, 2.75) is 26.7 Å². The summed E-state index contributed by atoms with van der Waals surface area (Å²) in [5.74, 6) is 0.695. The molecular weight excluding hydrogens is 264 g/mol. The summed E-state index contributed by atoms with van der Waals surface area (Å²) in [6.45, 7) is 5.95. The Labute approximate surface area is 123 Å². The van der Waals surface area contributed by atoms with Crippen LogP contribution in [0.5, 0.6) is 0 Å². The molecule has 0 saturated carbocycles. The number of anilines is 1. The van der Waals surface area contributed by atoms with Gasteiger partial charge in [0.2, 0.25) is 0 Å². The monoisotopic (exact) mass is 282 g/mol. The molecule has 2 heterocycles. The van der Waals surface area contributed by atoms with Crippen molar-refractivity contribution in [2.24, 2.45) is 5.92 Å². The van der Waals surface area contributed by atoms with Crippen LogP contribution in [-0.4, -0.2) is 13.1 Å². The van der Waals surface area contributed by atoms with E-state index in [1.165, 1.54) is 0 Å². The average molecular weight is 282 g/mol.